The molecule has 0 aliphatic carbocycles. The number of benzene rings is 2. The summed E-state index contributed by atoms with van der Waals surface area (Å²) in [5.41, 5.74) is 2.70. The maximum Gasteiger partial charge on any atom is 0.212 e. The summed E-state index contributed by atoms with van der Waals surface area (Å²) in [7, 11) is -3.41. The summed E-state index contributed by atoms with van der Waals surface area (Å²) in [6, 6.07) is 12.2. The predicted molar refractivity (Wildman–Crippen MR) is 113 cm³/mol. The quantitative estimate of drug-likeness (QED) is 0.725. The Hall–Kier alpha value is -2.16. The van der Waals surface area contributed by atoms with Gasteiger partial charge in [-0.2, -0.15) is 4.31 Å². The highest BCUT2D eigenvalue weighted by atomic mass is 32.2. The highest BCUT2D eigenvalue weighted by Crippen LogP contribution is 2.38. The number of nitrogens with zero attached hydrogens (tertiary/aromatic N) is 2. The lowest BCUT2D eigenvalue weighted by atomic mass is 9.89. The molecule has 2 heterocycles. The Kier molecular flexibility index (Phi) is 5.99. The minimum absolute atomic E-state index is 0.169. The number of ether oxygens (including phenoxy) is 1. The topological polar surface area (TPSA) is 70.1 Å². The van der Waals surface area contributed by atoms with E-state index in [9.17, 15) is 17.9 Å². The van der Waals surface area contributed by atoms with Crippen LogP contribution in [0.15, 0.2) is 42.5 Å². The molecule has 0 radical (unpaired) electrons. The maximum atomic E-state index is 12.5. The monoisotopic (exact) mass is 434 g/mol. The number of likely N-dealkylation sites (tertiary alicyclic amines) is 1. The third-order valence-electron chi connectivity index (χ3n) is 5.86. The fourth-order valence-corrected chi connectivity index (χ4v) is 5.33. The molecule has 2 aromatic rings. The van der Waals surface area contributed by atoms with E-state index in [2.05, 4.69) is 4.90 Å². The molecule has 4 rings (SSSR count). The fraction of sp³-hybridized carbons (Fsp3) is 0.455. The van der Waals surface area contributed by atoms with Crippen LogP contribution in [0.3, 0.4) is 0 Å². The molecule has 6 nitrogen and oxygen atoms in total. The van der Waals surface area contributed by atoms with Crippen molar-refractivity contribution in [1.82, 2.24) is 9.21 Å². The van der Waals surface area contributed by atoms with E-state index >= 15 is 0 Å². The van der Waals surface area contributed by atoms with Crippen molar-refractivity contribution < 1.29 is 22.7 Å². The second kappa shape index (κ2) is 8.53. The van der Waals surface area contributed by atoms with Crippen LogP contribution in [0, 0.1) is 5.92 Å². The largest absolute Gasteiger partial charge is 0.508 e. The first kappa shape index (κ1) is 21.1. The molecule has 162 valence electrons. The number of hydrogen-bond acceptors (Lipinski definition) is 5. The minimum Gasteiger partial charge on any atom is -0.508 e. The molecule has 1 N–H and O–H groups in total. The molecule has 0 spiro atoms. The van der Waals surface area contributed by atoms with Crippen molar-refractivity contribution in [1.29, 1.82) is 0 Å². The fourth-order valence-electron chi connectivity index (χ4n) is 4.29. The summed E-state index contributed by atoms with van der Waals surface area (Å²) in [4.78, 5) is 2.16. The van der Waals surface area contributed by atoms with Gasteiger partial charge in [-0.05, 0) is 47.4 Å². The second-order valence-corrected chi connectivity index (χ2v) is 10.0. The molecule has 0 bridgehead atoms. The van der Waals surface area contributed by atoms with Gasteiger partial charge in [-0.3, -0.25) is 9.29 Å². The Bertz CT molecular complexity index is 991. The predicted octanol–water partition coefficient (Wildman–Crippen LogP) is 2.58. The van der Waals surface area contributed by atoms with Gasteiger partial charge in [-0.1, -0.05) is 18.2 Å². The van der Waals surface area contributed by atoms with Gasteiger partial charge in [0.05, 0.1) is 19.0 Å². The van der Waals surface area contributed by atoms with E-state index in [4.69, 9.17) is 4.74 Å². The van der Waals surface area contributed by atoms with E-state index in [1.807, 2.05) is 24.3 Å². The summed E-state index contributed by atoms with van der Waals surface area (Å²) in [6.07, 6.45) is 1.79. The number of aromatic hydroxyl groups is 1. The van der Waals surface area contributed by atoms with Gasteiger partial charge in [0, 0.05) is 32.1 Å². The molecule has 1 fully saturated rings. The Morgan fingerprint density at radius 1 is 1.17 bits per heavy atom. The lowest BCUT2D eigenvalue weighted by Gasteiger charge is -2.37. The van der Waals surface area contributed by atoms with Crippen molar-refractivity contribution in [3.05, 3.63) is 59.2 Å². The van der Waals surface area contributed by atoms with Gasteiger partial charge in [0.2, 0.25) is 10.0 Å². The van der Waals surface area contributed by atoms with Crippen molar-refractivity contribution in [2.75, 3.05) is 45.7 Å². The van der Waals surface area contributed by atoms with Crippen LogP contribution in [0.2, 0.25) is 0 Å². The number of halogens is 1. The van der Waals surface area contributed by atoms with Crippen molar-refractivity contribution in [2.45, 2.75) is 12.5 Å². The number of hydrogen-bond donors (Lipinski definition) is 1. The molecule has 0 amide bonds. The van der Waals surface area contributed by atoms with E-state index in [1.54, 1.807) is 18.2 Å². The average molecular weight is 435 g/mol. The molecule has 0 aromatic heterocycles. The van der Waals surface area contributed by atoms with E-state index in [-0.39, 0.29) is 18.3 Å². The number of phenols is 1. The Labute approximate surface area is 176 Å². The zero-order valence-corrected chi connectivity index (χ0v) is 17.8. The summed E-state index contributed by atoms with van der Waals surface area (Å²) < 4.78 is 44.6. The van der Waals surface area contributed by atoms with Gasteiger partial charge in [0.25, 0.3) is 0 Å². The van der Waals surface area contributed by atoms with Crippen LogP contribution in [0.1, 0.15) is 22.7 Å². The van der Waals surface area contributed by atoms with E-state index < -0.39 is 16.1 Å². The molecule has 30 heavy (non-hydrogen) atoms. The molecule has 0 saturated carbocycles. The van der Waals surface area contributed by atoms with Crippen molar-refractivity contribution in [3.63, 3.8) is 0 Å². The van der Waals surface area contributed by atoms with Gasteiger partial charge >= 0.3 is 0 Å². The molecule has 2 aliphatic rings. The molecular formula is C22H27FN2O4S. The van der Waals surface area contributed by atoms with Crippen LogP contribution in [-0.4, -0.2) is 68.4 Å². The second-order valence-electron chi connectivity index (χ2n) is 8.11. The average Bonchev–Trinajstić information content (AvgIpc) is 2.68. The van der Waals surface area contributed by atoms with Gasteiger partial charge < -0.3 is 9.84 Å². The first-order valence-electron chi connectivity index (χ1n) is 10.1. The van der Waals surface area contributed by atoms with Gasteiger partial charge in [-0.25, -0.2) is 8.42 Å². The molecule has 2 aliphatic heterocycles. The zero-order valence-electron chi connectivity index (χ0n) is 17.0. The molecule has 1 atom stereocenters. The SMILES string of the molecule is CS(=O)(=O)N1CCc2cc(O)ccc2[C@@H]1c1ccc(OCCN2CC(CF)C2)cc1. The van der Waals surface area contributed by atoms with Crippen molar-refractivity contribution in [2.24, 2.45) is 5.92 Å². The first-order valence-corrected chi connectivity index (χ1v) is 12.0. The number of phenolic OH excluding ortho intramolecular Hbond substituents is 1. The number of fused-ring (bicyclic) bond motifs is 1. The summed E-state index contributed by atoms with van der Waals surface area (Å²) in [5.74, 6) is 1.07. The Morgan fingerprint density at radius 2 is 1.90 bits per heavy atom. The molecular weight excluding hydrogens is 407 g/mol. The standard InChI is InChI=1S/C22H27FN2O4S/c1-30(27,28)25-9-8-18-12-19(26)4-7-21(18)22(25)17-2-5-20(6-3-17)29-11-10-24-14-16(13-23)15-24/h2-7,12,16,22,26H,8-11,13-15H2,1H3/t22-/m0/s1. The minimum atomic E-state index is -3.41. The highest BCUT2D eigenvalue weighted by Gasteiger charge is 2.34. The zero-order chi connectivity index (χ0) is 21.3. The van der Waals surface area contributed by atoms with Crippen LogP contribution < -0.4 is 4.74 Å². The lowest BCUT2D eigenvalue weighted by Crippen LogP contribution is -2.49. The normalized spacial score (nSPS) is 20.5. The van der Waals surface area contributed by atoms with Crippen LogP contribution in [0.4, 0.5) is 4.39 Å². The van der Waals surface area contributed by atoms with Crippen molar-refractivity contribution in [3.8, 4) is 11.5 Å². The summed E-state index contributed by atoms with van der Waals surface area (Å²) in [6.45, 7) is 2.98. The summed E-state index contributed by atoms with van der Waals surface area (Å²) >= 11 is 0. The van der Waals surface area contributed by atoms with Crippen LogP contribution in [0.5, 0.6) is 11.5 Å². The number of sulfonamides is 1. The van der Waals surface area contributed by atoms with Crippen LogP contribution in [-0.2, 0) is 16.4 Å². The van der Waals surface area contributed by atoms with E-state index in [0.29, 0.717) is 25.3 Å². The van der Waals surface area contributed by atoms with Gasteiger partial charge in [0.1, 0.15) is 18.1 Å². The molecule has 1 saturated heterocycles. The first-order chi connectivity index (χ1) is 14.3. The highest BCUT2D eigenvalue weighted by molar-refractivity contribution is 7.88. The molecule has 0 unspecified atom stereocenters. The van der Waals surface area contributed by atoms with Gasteiger partial charge in [0.15, 0.2) is 0 Å². The number of rotatable bonds is 7. The van der Waals surface area contributed by atoms with E-state index in [0.717, 1.165) is 36.3 Å². The third kappa shape index (κ3) is 4.45. The Balaban J connectivity index is 1.48. The van der Waals surface area contributed by atoms with Crippen LogP contribution >= 0.6 is 0 Å². The third-order valence-corrected chi connectivity index (χ3v) is 7.11. The smallest absolute Gasteiger partial charge is 0.212 e. The van der Waals surface area contributed by atoms with Gasteiger partial charge in [-0.15, -0.1) is 0 Å². The summed E-state index contributed by atoms with van der Waals surface area (Å²) in [5, 5.41) is 9.81. The Morgan fingerprint density at radius 3 is 2.57 bits per heavy atom. The molecule has 2 aromatic carbocycles. The van der Waals surface area contributed by atoms with Crippen LogP contribution in [0.25, 0.3) is 0 Å². The van der Waals surface area contributed by atoms with E-state index in [1.165, 1.54) is 10.6 Å². The molecule has 8 heteroatoms. The number of alkyl halides is 1. The maximum absolute atomic E-state index is 12.5. The van der Waals surface area contributed by atoms with Crippen molar-refractivity contribution >= 4 is 10.0 Å². The lowest BCUT2D eigenvalue weighted by molar-refractivity contribution is 0.0668.